The molecule has 0 atom stereocenters. The molecule has 0 aromatic heterocycles. The third-order valence-corrected chi connectivity index (χ3v) is 5.65. The number of carbonyl (C=O) groups excluding carboxylic acids is 1. The Kier molecular flexibility index (Phi) is 6.58. The number of benzene rings is 3. The first-order chi connectivity index (χ1) is 14.4. The molecule has 0 saturated heterocycles. The number of ether oxygens (including phenoxy) is 1. The SMILES string of the molecule is CCOc1ccc(S(=O)(=O)Nc2ccc(C(=O)NN(C)c3ccccc3)cc2)cc1. The summed E-state index contributed by atoms with van der Waals surface area (Å²) in [7, 11) is -2.00. The highest BCUT2D eigenvalue weighted by atomic mass is 32.2. The molecule has 30 heavy (non-hydrogen) atoms. The van der Waals surface area contributed by atoms with E-state index in [1.807, 2.05) is 37.3 Å². The zero-order chi connectivity index (χ0) is 21.6. The van der Waals surface area contributed by atoms with E-state index in [2.05, 4.69) is 10.1 Å². The summed E-state index contributed by atoms with van der Waals surface area (Å²) in [5.74, 6) is 0.301. The summed E-state index contributed by atoms with van der Waals surface area (Å²) in [6.07, 6.45) is 0. The van der Waals surface area contributed by atoms with Gasteiger partial charge < -0.3 is 4.74 Å². The summed E-state index contributed by atoms with van der Waals surface area (Å²) in [5.41, 5.74) is 4.37. The maximum absolute atomic E-state index is 12.6. The van der Waals surface area contributed by atoms with Crippen LogP contribution in [0.15, 0.2) is 83.8 Å². The Balaban J connectivity index is 1.65. The summed E-state index contributed by atoms with van der Waals surface area (Å²) >= 11 is 0. The summed E-state index contributed by atoms with van der Waals surface area (Å²) < 4.78 is 32.9. The van der Waals surface area contributed by atoms with Crippen LogP contribution in [-0.2, 0) is 10.0 Å². The van der Waals surface area contributed by atoms with Crippen LogP contribution >= 0.6 is 0 Å². The van der Waals surface area contributed by atoms with Crippen molar-refractivity contribution in [1.29, 1.82) is 0 Å². The normalized spacial score (nSPS) is 10.9. The Morgan fingerprint density at radius 3 is 2.17 bits per heavy atom. The molecule has 0 aliphatic heterocycles. The fraction of sp³-hybridized carbons (Fsp3) is 0.136. The Morgan fingerprint density at radius 1 is 0.933 bits per heavy atom. The number of hydrogen-bond acceptors (Lipinski definition) is 5. The molecule has 0 spiro atoms. The van der Waals surface area contributed by atoms with E-state index in [1.165, 1.54) is 12.1 Å². The smallest absolute Gasteiger partial charge is 0.269 e. The van der Waals surface area contributed by atoms with Crippen LogP contribution in [0.2, 0.25) is 0 Å². The van der Waals surface area contributed by atoms with E-state index in [0.29, 0.717) is 23.6 Å². The number of sulfonamides is 1. The van der Waals surface area contributed by atoms with Gasteiger partial charge >= 0.3 is 0 Å². The molecule has 0 aliphatic rings. The Hall–Kier alpha value is -3.52. The van der Waals surface area contributed by atoms with Gasteiger partial charge in [0.05, 0.1) is 17.2 Å². The maximum Gasteiger partial charge on any atom is 0.269 e. The maximum atomic E-state index is 12.6. The van der Waals surface area contributed by atoms with E-state index in [1.54, 1.807) is 48.5 Å². The average Bonchev–Trinajstić information content (AvgIpc) is 2.75. The topological polar surface area (TPSA) is 87.7 Å². The van der Waals surface area contributed by atoms with Gasteiger partial charge in [-0.3, -0.25) is 20.0 Å². The molecule has 0 heterocycles. The molecule has 0 aliphatic carbocycles. The lowest BCUT2D eigenvalue weighted by atomic mass is 10.2. The lowest BCUT2D eigenvalue weighted by Crippen LogP contribution is -2.39. The highest BCUT2D eigenvalue weighted by Crippen LogP contribution is 2.20. The number of nitrogens with one attached hydrogen (secondary N) is 2. The lowest BCUT2D eigenvalue weighted by molar-refractivity contribution is 0.0951. The number of carbonyl (C=O) groups is 1. The van der Waals surface area contributed by atoms with Crippen LogP contribution in [0.1, 0.15) is 17.3 Å². The van der Waals surface area contributed by atoms with Crippen LogP contribution < -0.4 is 19.9 Å². The van der Waals surface area contributed by atoms with Crippen LogP contribution in [0.4, 0.5) is 11.4 Å². The number of amides is 1. The van der Waals surface area contributed by atoms with Crippen LogP contribution in [0, 0.1) is 0 Å². The van der Waals surface area contributed by atoms with Gasteiger partial charge in [-0.15, -0.1) is 0 Å². The molecule has 3 aromatic carbocycles. The minimum Gasteiger partial charge on any atom is -0.494 e. The zero-order valence-electron chi connectivity index (χ0n) is 16.7. The fourth-order valence-corrected chi connectivity index (χ4v) is 3.78. The molecule has 0 bridgehead atoms. The van der Waals surface area contributed by atoms with E-state index in [-0.39, 0.29) is 10.8 Å². The van der Waals surface area contributed by atoms with Gasteiger partial charge in [0.15, 0.2) is 0 Å². The first-order valence-corrected chi connectivity index (χ1v) is 10.8. The summed E-state index contributed by atoms with van der Waals surface area (Å²) in [5, 5.41) is 1.62. The molecule has 1 amide bonds. The van der Waals surface area contributed by atoms with Crippen molar-refractivity contribution in [2.75, 3.05) is 23.4 Å². The average molecular weight is 426 g/mol. The number of hydrogen-bond donors (Lipinski definition) is 2. The molecular formula is C22H23N3O4S. The van der Waals surface area contributed by atoms with E-state index in [9.17, 15) is 13.2 Å². The first kappa shape index (κ1) is 21.2. The Bertz CT molecular complexity index is 1080. The number of nitrogens with zero attached hydrogens (tertiary/aromatic N) is 1. The summed E-state index contributed by atoms with van der Waals surface area (Å²) in [4.78, 5) is 12.6. The second kappa shape index (κ2) is 9.32. The second-order valence-electron chi connectivity index (χ2n) is 6.42. The van der Waals surface area contributed by atoms with Gasteiger partial charge in [-0.1, -0.05) is 18.2 Å². The standard InChI is InChI=1S/C22H23N3O4S/c1-3-29-20-13-15-21(16-14-20)30(27,28)24-18-11-9-17(10-12-18)22(26)23-25(2)19-7-5-4-6-8-19/h4-16,24H,3H2,1-2H3,(H,23,26). The summed E-state index contributed by atoms with van der Waals surface area (Å²) in [6, 6.07) is 21.8. The van der Waals surface area contributed by atoms with Crippen LogP contribution in [0.3, 0.4) is 0 Å². The monoisotopic (exact) mass is 425 g/mol. The van der Waals surface area contributed by atoms with Crippen LogP contribution in [0.25, 0.3) is 0 Å². The van der Waals surface area contributed by atoms with Gasteiger partial charge in [-0.25, -0.2) is 8.42 Å². The molecule has 2 N–H and O–H groups in total. The van der Waals surface area contributed by atoms with E-state index >= 15 is 0 Å². The van der Waals surface area contributed by atoms with Gasteiger partial charge in [0.25, 0.3) is 15.9 Å². The van der Waals surface area contributed by atoms with E-state index < -0.39 is 10.0 Å². The minimum absolute atomic E-state index is 0.122. The zero-order valence-corrected chi connectivity index (χ0v) is 17.5. The number of hydrazine groups is 1. The molecule has 0 radical (unpaired) electrons. The predicted molar refractivity (Wildman–Crippen MR) is 117 cm³/mol. The third kappa shape index (κ3) is 5.30. The summed E-state index contributed by atoms with van der Waals surface area (Å²) in [6.45, 7) is 2.36. The highest BCUT2D eigenvalue weighted by Gasteiger charge is 2.15. The van der Waals surface area contributed by atoms with Crippen LogP contribution in [-0.4, -0.2) is 28.0 Å². The van der Waals surface area contributed by atoms with E-state index in [4.69, 9.17) is 4.74 Å². The number of rotatable bonds is 8. The third-order valence-electron chi connectivity index (χ3n) is 4.26. The highest BCUT2D eigenvalue weighted by molar-refractivity contribution is 7.92. The molecule has 7 nitrogen and oxygen atoms in total. The Labute approximate surface area is 176 Å². The van der Waals surface area contributed by atoms with Crippen molar-refractivity contribution < 1.29 is 17.9 Å². The molecule has 3 rings (SSSR count). The van der Waals surface area contributed by atoms with Crippen molar-refractivity contribution >= 4 is 27.3 Å². The molecule has 0 saturated carbocycles. The van der Waals surface area contributed by atoms with E-state index in [0.717, 1.165) is 5.69 Å². The van der Waals surface area contributed by atoms with Crippen molar-refractivity contribution in [2.24, 2.45) is 0 Å². The minimum atomic E-state index is -3.75. The van der Waals surface area contributed by atoms with Crippen molar-refractivity contribution in [3.63, 3.8) is 0 Å². The predicted octanol–water partition coefficient (Wildman–Crippen LogP) is 3.67. The van der Waals surface area contributed by atoms with Crippen molar-refractivity contribution in [1.82, 2.24) is 5.43 Å². The first-order valence-electron chi connectivity index (χ1n) is 9.34. The number of para-hydroxylation sites is 1. The molecule has 3 aromatic rings. The van der Waals surface area contributed by atoms with Gasteiger partial charge in [0, 0.05) is 18.3 Å². The van der Waals surface area contributed by atoms with Crippen molar-refractivity contribution in [2.45, 2.75) is 11.8 Å². The van der Waals surface area contributed by atoms with Gasteiger partial charge in [-0.05, 0) is 67.6 Å². The molecule has 0 unspecified atom stereocenters. The quantitative estimate of drug-likeness (QED) is 0.538. The molecule has 156 valence electrons. The number of anilines is 2. The fourth-order valence-electron chi connectivity index (χ4n) is 2.72. The van der Waals surface area contributed by atoms with Gasteiger partial charge in [-0.2, -0.15) is 0 Å². The van der Waals surface area contributed by atoms with Crippen molar-refractivity contribution in [3.8, 4) is 5.75 Å². The van der Waals surface area contributed by atoms with Crippen molar-refractivity contribution in [3.05, 3.63) is 84.4 Å². The van der Waals surface area contributed by atoms with Crippen LogP contribution in [0.5, 0.6) is 5.75 Å². The largest absolute Gasteiger partial charge is 0.494 e. The van der Waals surface area contributed by atoms with Gasteiger partial charge in [0.2, 0.25) is 0 Å². The molecule has 0 fully saturated rings. The van der Waals surface area contributed by atoms with Gasteiger partial charge in [0.1, 0.15) is 5.75 Å². The molecular weight excluding hydrogens is 402 g/mol. The molecule has 8 heteroatoms. The lowest BCUT2D eigenvalue weighted by Gasteiger charge is -2.20. The second-order valence-corrected chi connectivity index (χ2v) is 8.11. The Morgan fingerprint density at radius 2 is 1.57 bits per heavy atom.